The summed E-state index contributed by atoms with van der Waals surface area (Å²) in [6, 6.07) is 8.60. The van der Waals surface area contributed by atoms with Crippen LogP contribution in [0.2, 0.25) is 0 Å². The largest absolute Gasteiger partial charge is 0.453 e. The minimum atomic E-state index is -0.705. The van der Waals surface area contributed by atoms with Crippen LogP contribution in [-0.2, 0) is 9.53 Å². The van der Waals surface area contributed by atoms with Crippen molar-refractivity contribution in [2.24, 2.45) is 11.7 Å². The van der Waals surface area contributed by atoms with E-state index in [1.165, 1.54) is 11.3 Å². The fourth-order valence-corrected chi connectivity index (χ4v) is 4.51. The summed E-state index contributed by atoms with van der Waals surface area (Å²) in [5.74, 6) is -0.143. The van der Waals surface area contributed by atoms with E-state index in [2.05, 4.69) is 30.6 Å². The number of hydrogen-bond acceptors (Lipinski definition) is 9. The zero-order chi connectivity index (χ0) is 26.5. The SMILES string of the molecule is CCNC(=O)Nc1nc2cc(-c3cnc([C@@H](C)OC(=O)[C@H](N)C(C)C)nc3)cc(-c3ccccn3)c2s1. The molecule has 0 radical (unpaired) electrons. The van der Waals surface area contributed by atoms with Gasteiger partial charge in [-0.15, -0.1) is 0 Å². The molecule has 3 aromatic heterocycles. The summed E-state index contributed by atoms with van der Waals surface area (Å²) in [4.78, 5) is 42.3. The molecule has 0 unspecified atom stereocenters. The van der Waals surface area contributed by atoms with Gasteiger partial charge in [0.15, 0.2) is 17.1 Å². The Labute approximate surface area is 218 Å². The summed E-state index contributed by atoms with van der Waals surface area (Å²) < 4.78 is 6.34. The number of pyridine rings is 1. The number of rotatable bonds is 8. The van der Waals surface area contributed by atoms with Gasteiger partial charge in [0.2, 0.25) is 0 Å². The summed E-state index contributed by atoms with van der Waals surface area (Å²) in [5.41, 5.74) is 9.85. The van der Waals surface area contributed by atoms with Crippen LogP contribution in [0.25, 0.3) is 32.6 Å². The standard InChI is InChI=1S/C26H29N7O3S/c1-5-28-25(35)33-26-32-20-11-16(10-18(22(20)37-26)19-8-6-7-9-29-19)17-12-30-23(31-13-17)15(4)36-24(34)21(27)14(2)3/h6-15,21H,5,27H2,1-4H3,(H2,28,32,33,35)/t15-,21-/m1/s1. The van der Waals surface area contributed by atoms with Crippen LogP contribution < -0.4 is 16.4 Å². The fourth-order valence-electron chi connectivity index (χ4n) is 3.54. The molecule has 37 heavy (non-hydrogen) atoms. The maximum absolute atomic E-state index is 12.2. The lowest BCUT2D eigenvalue weighted by Crippen LogP contribution is -2.37. The van der Waals surface area contributed by atoms with Crippen LogP contribution >= 0.6 is 11.3 Å². The van der Waals surface area contributed by atoms with Crippen molar-refractivity contribution in [3.63, 3.8) is 0 Å². The third kappa shape index (κ3) is 6.07. The first-order valence-electron chi connectivity index (χ1n) is 12.0. The normalized spacial score (nSPS) is 12.8. The smallest absolute Gasteiger partial charge is 0.323 e. The molecule has 0 aliphatic rings. The van der Waals surface area contributed by atoms with Gasteiger partial charge in [0.05, 0.1) is 15.9 Å². The van der Waals surface area contributed by atoms with Crippen molar-refractivity contribution in [1.82, 2.24) is 25.3 Å². The summed E-state index contributed by atoms with van der Waals surface area (Å²) in [6.07, 6.45) is 4.45. The molecule has 1 aromatic carbocycles. The molecule has 192 valence electrons. The molecule has 11 heteroatoms. The highest BCUT2D eigenvalue weighted by molar-refractivity contribution is 7.22. The quantitative estimate of drug-likeness (QED) is 0.288. The Hall–Kier alpha value is -3.96. The van der Waals surface area contributed by atoms with E-state index in [0.29, 0.717) is 23.0 Å². The zero-order valence-electron chi connectivity index (χ0n) is 21.1. The maximum atomic E-state index is 12.2. The molecule has 0 fully saturated rings. The van der Waals surface area contributed by atoms with E-state index in [9.17, 15) is 9.59 Å². The van der Waals surface area contributed by atoms with E-state index in [0.717, 1.165) is 27.1 Å². The van der Waals surface area contributed by atoms with Crippen LogP contribution in [0.3, 0.4) is 0 Å². The first-order chi connectivity index (χ1) is 17.8. The Morgan fingerprint density at radius 3 is 2.49 bits per heavy atom. The molecule has 0 aliphatic carbocycles. The van der Waals surface area contributed by atoms with Crippen LogP contribution in [0.15, 0.2) is 48.9 Å². The third-order valence-corrected chi connectivity index (χ3v) is 6.66. The van der Waals surface area contributed by atoms with Gasteiger partial charge in [-0.2, -0.15) is 0 Å². The number of carbonyl (C=O) groups excluding carboxylic acids is 2. The summed E-state index contributed by atoms with van der Waals surface area (Å²) >= 11 is 1.38. The Kier molecular flexibility index (Phi) is 8.04. The van der Waals surface area contributed by atoms with Crippen molar-refractivity contribution in [2.75, 3.05) is 11.9 Å². The predicted molar refractivity (Wildman–Crippen MR) is 144 cm³/mol. The molecule has 4 aromatic rings. The van der Waals surface area contributed by atoms with Crippen LogP contribution in [0.5, 0.6) is 0 Å². The molecule has 0 bridgehead atoms. The lowest BCUT2D eigenvalue weighted by atomic mass is 10.0. The van der Waals surface area contributed by atoms with Crippen molar-refractivity contribution in [1.29, 1.82) is 0 Å². The molecule has 0 aliphatic heterocycles. The monoisotopic (exact) mass is 519 g/mol. The molecule has 3 heterocycles. The van der Waals surface area contributed by atoms with Crippen molar-refractivity contribution in [3.05, 3.63) is 54.7 Å². The summed E-state index contributed by atoms with van der Waals surface area (Å²) in [7, 11) is 0. The second-order valence-corrected chi connectivity index (χ2v) is 9.77. The number of fused-ring (bicyclic) bond motifs is 1. The number of urea groups is 1. The first-order valence-corrected chi connectivity index (χ1v) is 12.8. The number of amides is 2. The first kappa shape index (κ1) is 26.1. The minimum absolute atomic E-state index is 0.0336. The number of anilines is 1. The number of nitrogens with one attached hydrogen (secondary N) is 2. The van der Waals surface area contributed by atoms with Gasteiger partial charge in [0.25, 0.3) is 0 Å². The highest BCUT2D eigenvalue weighted by atomic mass is 32.1. The van der Waals surface area contributed by atoms with Crippen LogP contribution in [-0.4, -0.2) is 44.5 Å². The Morgan fingerprint density at radius 1 is 1.08 bits per heavy atom. The number of nitrogens with two attached hydrogens (primary N) is 1. The number of esters is 1. The van der Waals surface area contributed by atoms with Gasteiger partial charge in [-0.05, 0) is 49.6 Å². The Balaban J connectivity index is 1.66. The molecule has 0 saturated heterocycles. The number of thiazole rings is 1. The van der Waals surface area contributed by atoms with Crippen molar-refractivity contribution < 1.29 is 14.3 Å². The molecular formula is C26H29N7O3S. The Bertz CT molecular complexity index is 1390. The number of carbonyl (C=O) groups is 2. The van der Waals surface area contributed by atoms with Crippen LogP contribution in [0, 0.1) is 5.92 Å². The van der Waals surface area contributed by atoms with E-state index < -0.39 is 18.1 Å². The average Bonchev–Trinajstić information content (AvgIpc) is 3.30. The topological polar surface area (TPSA) is 145 Å². The number of benzene rings is 1. The lowest BCUT2D eigenvalue weighted by molar-refractivity contribution is -0.151. The van der Waals surface area contributed by atoms with E-state index in [4.69, 9.17) is 10.5 Å². The molecule has 4 rings (SSSR count). The van der Waals surface area contributed by atoms with Gasteiger partial charge in [0, 0.05) is 36.3 Å². The fraction of sp³-hybridized carbons (Fsp3) is 0.308. The van der Waals surface area contributed by atoms with Gasteiger partial charge in [-0.1, -0.05) is 31.3 Å². The number of nitrogens with zero attached hydrogens (tertiary/aromatic N) is 4. The second-order valence-electron chi connectivity index (χ2n) is 8.77. The summed E-state index contributed by atoms with van der Waals surface area (Å²) in [5, 5.41) is 5.97. The zero-order valence-corrected chi connectivity index (χ0v) is 21.9. The minimum Gasteiger partial charge on any atom is -0.453 e. The molecule has 2 amide bonds. The van der Waals surface area contributed by atoms with Crippen molar-refractivity contribution >= 4 is 38.7 Å². The number of ether oxygens (including phenoxy) is 1. The molecule has 0 spiro atoms. The summed E-state index contributed by atoms with van der Waals surface area (Å²) in [6.45, 7) is 7.79. The highest BCUT2D eigenvalue weighted by Gasteiger charge is 2.23. The maximum Gasteiger partial charge on any atom is 0.323 e. The predicted octanol–water partition coefficient (Wildman–Crippen LogP) is 4.54. The van der Waals surface area contributed by atoms with E-state index in [1.54, 1.807) is 25.5 Å². The number of hydrogen-bond donors (Lipinski definition) is 3. The Morgan fingerprint density at radius 2 is 1.84 bits per heavy atom. The average molecular weight is 520 g/mol. The van der Waals surface area contributed by atoms with Gasteiger partial charge >= 0.3 is 12.0 Å². The van der Waals surface area contributed by atoms with Gasteiger partial charge in [-0.25, -0.2) is 19.7 Å². The van der Waals surface area contributed by atoms with Crippen molar-refractivity contribution in [3.8, 4) is 22.4 Å². The third-order valence-electron chi connectivity index (χ3n) is 5.64. The van der Waals surface area contributed by atoms with Gasteiger partial charge in [0.1, 0.15) is 6.04 Å². The van der Waals surface area contributed by atoms with Crippen molar-refractivity contribution in [2.45, 2.75) is 39.8 Å². The molecule has 0 saturated carbocycles. The molecule has 2 atom stereocenters. The highest BCUT2D eigenvalue weighted by Crippen LogP contribution is 2.38. The van der Waals surface area contributed by atoms with E-state index >= 15 is 0 Å². The molecular weight excluding hydrogens is 490 g/mol. The van der Waals surface area contributed by atoms with Gasteiger partial charge < -0.3 is 15.8 Å². The van der Waals surface area contributed by atoms with Crippen LogP contribution in [0.1, 0.15) is 39.6 Å². The van der Waals surface area contributed by atoms with E-state index in [-0.39, 0.29) is 11.9 Å². The lowest BCUT2D eigenvalue weighted by Gasteiger charge is -2.18. The second kappa shape index (κ2) is 11.4. The van der Waals surface area contributed by atoms with E-state index in [1.807, 2.05) is 51.1 Å². The van der Waals surface area contributed by atoms with Gasteiger partial charge in [-0.3, -0.25) is 15.1 Å². The number of aromatic nitrogens is 4. The molecule has 4 N–H and O–H groups in total. The molecule has 10 nitrogen and oxygen atoms in total. The van der Waals surface area contributed by atoms with Crippen LogP contribution in [0.4, 0.5) is 9.93 Å².